The number of esters is 1. The van der Waals surface area contributed by atoms with Crippen molar-refractivity contribution >= 4 is 5.97 Å². The summed E-state index contributed by atoms with van der Waals surface area (Å²) < 4.78 is 4.50. The Morgan fingerprint density at radius 3 is 2.38 bits per heavy atom. The van der Waals surface area contributed by atoms with E-state index in [2.05, 4.69) is 4.74 Å². The van der Waals surface area contributed by atoms with Crippen LogP contribution >= 0.6 is 0 Å². The molecule has 42 valence electrons. The molecule has 0 aromatic rings. The Hall–Kier alpha value is 0.340. The van der Waals surface area contributed by atoms with Gasteiger partial charge in [0.05, 0.1) is 6.61 Å². The number of ether oxygens (including phenoxy) is 1. The molecule has 0 fully saturated rings. The van der Waals surface area contributed by atoms with Gasteiger partial charge in [-0.3, -0.25) is 11.2 Å². The molecule has 0 unspecified atom stereocenters. The monoisotopic (exact) mass is 124 g/mol. The van der Waals surface area contributed by atoms with Gasteiger partial charge in [0.2, 0.25) is 0 Å². The van der Waals surface area contributed by atoms with Crippen molar-refractivity contribution in [1.82, 2.24) is 0 Å². The number of carbonyl (C=O) groups is 1. The quantitative estimate of drug-likeness (QED) is 0.237. The summed E-state index contributed by atoms with van der Waals surface area (Å²) in [7, 11) is 0. The van der Waals surface area contributed by atoms with E-state index in [1.807, 2.05) is 0 Å². The van der Waals surface area contributed by atoms with Crippen molar-refractivity contribution in [3.63, 3.8) is 0 Å². The molecule has 0 aliphatic carbocycles. The van der Waals surface area contributed by atoms with E-state index < -0.39 is 0 Å². The minimum atomic E-state index is -0.248. The molecule has 0 saturated carbocycles. The van der Waals surface area contributed by atoms with Gasteiger partial charge in [-0.1, -0.05) is 0 Å². The molecule has 8 heavy (non-hydrogen) atoms. The van der Waals surface area contributed by atoms with Gasteiger partial charge in [-0.05, 0) is 6.92 Å². The van der Waals surface area contributed by atoms with Gasteiger partial charge in [0, 0.05) is 0 Å². The van der Waals surface area contributed by atoms with Gasteiger partial charge in [0.25, 0.3) is 0 Å². The van der Waals surface area contributed by atoms with Gasteiger partial charge in [0.1, 0.15) is 0 Å². The third-order valence-electron chi connectivity index (χ3n) is 0.522. The fourth-order valence-electron chi connectivity index (χ4n) is 0.226. The summed E-state index contributed by atoms with van der Waals surface area (Å²) in [5, 5.41) is 0. The zero-order chi connectivity index (χ0) is 5.70. The number of hydrogen-bond donors (Lipinski definition) is 0. The zero-order valence-electron chi connectivity index (χ0n) is 5.60. The van der Waals surface area contributed by atoms with E-state index in [9.17, 15) is 4.79 Å². The van der Waals surface area contributed by atoms with E-state index in [0.717, 1.165) is 0 Å². The molecule has 3 heteroatoms. The van der Waals surface area contributed by atoms with E-state index in [1.165, 1.54) is 6.42 Å². The fourth-order valence-corrected chi connectivity index (χ4v) is 0.226. The van der Waals surface area contributed by atoms with E-state index in [-0.39, 0.29) is 35.5 Å². The van der Waals surface area contributed by atoms with E-state index >= 15 is 0 Å². The van der Waals surface area contributed by atoms with Crippen LogP contribution in [0, 0.1) is 6.42 Å². The smallest absolute Gasteiger partial charge is 0.488 e. The summed E-state index contributed by atoms with van der Waals surface area (Å²) in [4.78, 5) is 10.1. The first-order valence-corrected chi connectivity index (χ1v) is 2.27. The Morgan fingerprint density at radius 2 is 2.25 bits per heavy atom. The molecular weight excluding hydrogens is 115 g/mol. The number of rotatable bonds is 2. The molecule has 0 atom stereocenters. The molecule has 0 saturated heterocycles. The number of hydrogen-bond acceptors (Lipinski definition) is 2. The average Bonchev–Trinajstić information content (AvgIpc) is 1.68. The molecule has 0 aromatic heterocycles. The molecule has 0 aliphatic rings. The summed E-state index contributed by atoms with van der Waals surface area (Å²) in [6.45, 7) is 3.89. The van der Waals surface area contributed by atoms with E-state index in [1.54, 1.807) is 13.8 Å². The minimum Gasteiger partial charge on any atom is -0.488 e. The van der Waals surface area contributed by atoms with Crippen LogP contribution in [0.25, 0.3) is 0 Å². The second-order valence-electron chi connectivity index (χ2n) is 1.04. The van der Waals surface area contributed by atoms with Crippen LogP contribution in [0.1, 0.15) is 13.8 Å². The standard InChI is InChI=1S/C5H9O2.Na/c1-3-5(6)7-4-2;/h3H,4H2,1-2H3;/q-1;+1. The first kappa shape index (κ1) is 11.2. The summed E-state index contributed by atoms with van der Waals surface area (Å²) in [5.41, 5.74) is 0. The third-order valence-corrected chi connectivity index (χ3v) is 0.522. The first-order valence-electron chi connectivity index (χ1n) is 2.27. The van der Waals surface area contributed by atoms with Crippen molar-refractivity contribution in [2.24, 2.45) is 0 Å². The first-order chi connectivity index (χ1) is 3.31. The van der Waals surface area contributed by atoms with E-state index in [4.69, 9.17) is 0 Å². The molecule has 0 heterocycles. The Kier molecular flexibility index (Phi) is 10.3. The number of carbonyl (C=O) groups excluding carboxylic acids is 1. The largest absolute Gasteiger partial charge is 1.00 e. The van der Waals surface area contributed by atoms with Crippen LogP contribution in [0.3, 0.4) is 0 Å². The molecule has 0 aliphatic heterocycles. The Balaban J connectivity index is 0. The topological polar surface area (TPSA) is 26.3 Å². The van der Waals surface area contributed by atoms with Crippen molar-refractivity contribution < 1.29 is 39.1 Å². The van der Waals surface area contributed by atoms with Gasteiger partial charge < -0.3 is 4.74 Å². The third kappa shape index (κ3) is 6.34. The van der Waals surface area contributed by atoms with Gasteiger partial charge in [0.15, 0.2) is 5.97 Å². The SMILES string of the molecule is C[CH-]C(=O)OCC.[Na+]. The Morgan fingerprint density at radius 1 is 1.75 bits per heavy atom. The van der Waals surface area contributed by atoms with Crippen LogP contribution in [0.4, 0.5) is 0 Å². The second kappa shape index (κ2) is 7.34. The van der Waals surface area contributed by atoms with Gasteiger partial charge in [-0.15, -0.1) is 0 Å². The van der Waals surface area contributed by atoms with Crippen molar-refractivity contribution in [1.29, 1.82) is 0 Å². The molecule has 0 amide bonds. The van der Waals surface area contributed by atoms with Crippen LogP contribution in [-0.4, -0.2) is 12.6 Å². The van der Waals surface area contributed by atoms with Crippen LogP contribution in [-0.2, 0) is 9.53 Å². The Bertz CT molecular complexity index is 63.4. The average molecular weight is 124 g/mol. The maximum absolute atomic E-state index is 10.1. The van der Waals surface area contributed by atoms with Crippen molar-refractivity contribution in [3.8, 4) is 0 Å². The zero-order valence-corrected chi connectivity index (χ0v) is 7.60. The summed E-state index contributed by atoms with van der Waals surface area (Å²) in [5.74, 6) is -0.248. The predicted molar refractivity (Wildman–Crippen MR) is 26.6 cm³/mol. The fraction of sp³-hybridized carbons (Fsp3) is 0.600. The predicted octanol–water partition coefficient (Wildman–Crippen LogP) is -2.22. The molecule has 0 rings (SSSR count). The van der Waals surface area contributed by atoms with Crippen molar-refractivity contribution in [2.75, 3.05) is 6.61 Å². The van der Waals surface area contributed by atoms with Gasteiger partial charge in [-0.25, -0.2) is 0 Å². The van der Waals surface area contributed by atoms with Crippen LogP contribution in [0.5, 0.6) is 0 Å². The van der Waals surface area contributed by atoms with Crippen molar-refractivity contribution in [3.05, 3.63) is 6.42 Å². The van der Waals surface area contributed by atoms with Crippen LogP contribution in [0.2, 0.25) is 0 Å². The summed E-state index contributed by atoms with van der Waals surface area (Å²) in [6, 6.07) is 0. The minimum absolute atomic E-state index is 0. The maximum atomic E-state index is 10.1. The van der Waals surface area contributed by atoms with Gasteiger partial charge >= 0.3 is 29.6 Å². The van der Waals surface area contributed by atoms with Crippen LogP contribution in [0.15, 0.2) is 0 Å². The molecule has 0 bridgehead atoms. The molecule has 0 spiro atoms. The summed E-state index contributed by atoms with van der Waals surface area (Å²) in [6.07, 6.45) is 1.39. The van der Waals surface area contributed by atoms with Gasteiger partial charge in [-0.2, -0.15) is 6.92 Å². The van der Waals surface area contributed by atoms with E-state index in [0.29, 0.717) is 6.61 Å². The normalized spacial score (nSPS) is 6.75. The molecule has 0 aromatic carbocycles. The van der Waals surface area contributed by atoms with Crippen LogP contribution < -0.4 is 29.6 Å². The molecular formula is C5H9NaO2. The second-order valence-corrected chi connectivity index (χ2v) is 1.04. The molecule has 0 radical (unpaired) electrons. The van der Waals surface area contributed by atoms with Crippen molar-refractivity contribution in [2.45, 2.75) is 13.8 Å². The summed E-state index contributed by atoms with van der Waals surface area (Å²) >= 11 is 0. The molecule has 0 N–H and O–H groups in total. The molecule has 2 nitrogen and oxygen atoms in total. The maximum Gasteiger partial charge on any atom is 1.00 e. The Labute approximate surface area is 71.9 Å².